The first-order valence-electron chi connectivity index (χ1n) is 10.5. The van der Waals surface area contributed by atoms with Gasteiger partial charge < -0.3 is 23.8 Å². The minimum Gasteiger partial charge on any atom is -0.454 e. The van der Waals surface area contributed by atoms with Crippen molar-refractivity contribution in [1.29, 1.82) is 0 Å². The first-order chi connectivity index (χ1) is 14.5. The fraction of sp³-hybridized carbons (Fsp3) is 0.458. The van der Waals surface area contributed by atoms with E-state index in [1.165, 1.54) is 0 Å². The van der Waals surface area contributed by atoms with Gasteiger partial charge in [0.2, 0.25) is 12.7 Å². The molecule has 1 saturated heterocycles. The molecule has 6 nitrogen and oxygen atoms in total. The summed E-state index contributed by atoms with van der Waals surface area (Å²) in [6, 6.07) is 16.0. The molecule has 1 unspecified atom stereocenters. The molecule has 1 aliphatic carbocycles. The van der Waals surface area contributed by atoms with Gasteiger partial charge in [0.25, 0.3) is 0 Å². The molecule has 1 saturated carbocycles. The van der Waals surface area contributed by atoms with Crippen LogP contribution in [0.5, 0.6) is 11.5 Å². The van der Waals surface area contributed by atoms with Gasteiger partial charge in [-0.2, -0.15) is 0 Å². The second kappa shape index (κ2) is 7.29. The lowest BCUT2D eigenvalue weighted by atomic mass is 9.94. The third kappa shape index (κ3) is 3.66. The molecule has 2 heterocycles. The molecule has 2 fully saturated rings. The second-order valence-electron chi connectivity index (χ2n) is 8.77. The van der Waals surface area contributed by atoms with Crippen molar-refractivity contribution >= 4 is 5.91 Å². The highest BCUT2D eigenvalue weighted by molar-refractivity contribution is 5.91. The third-order valence-corrected chi connectivity index (χ3v) is 6.07. The van der Waals surface area contributed by atoms with Gasteiger partial charge >= 0.3 is 0 Å². The van der Waals surface area contributed by atoms with Crippen molar-refractivity contribution in [3.05, 3.63) is 59.7 Å². The predicted octanol–water partition coefficient (Wildman–Crippen LogP) is 3.63. The van der Waals surface area contributed by atoms with Crippen LogP contribution in [0.15, 0.2) is 48.5 Å². The molecule has 5 rings (SSSR count). The van der Waals surface area contributed by atoms with Crippen LogP contribution in [0.3, 0.4) is 0 Å². The molecule has 158 valence electrons. The first-order valence-corrected chi connectivity index (χ1v) is 10.5. The molecule has 1 amide bonds. The molecule has 30 heavy (non-hydrogen) atoms. The Hall–Kier alpha value is -2.57. The Morgan fingerprint density at radius 2 is 1.83 bits per heavy atom. The molecule has 2 aromatic rings. The van der Waals surface area contributed by atoms with Crippen LogP contribution in [-0.4, -0.2) is 42.6 Å². The quantitative estimate of drug-likeness (QED) is 0.729. The van der Waals surface area contributed by atoms with E-state index >= 15 is 0 Å². The minimum absolute atomic E-state index is 0.149. The van der Waals surface area contributed by atoms with E-state index in [0.717, 1.165) is 35.5 Å². The molecular formula is C24H27NO5. The number of benzene rings is 2. The van der Waals surface area contributed by atoms with Crippen molar-refractivity contribution in [1.82, 2.24) is 4.90 Å². The molecule has 0 aromatic heterocycles. The first kappa shape index (κ1) is 19.4. The van der Waals surface area contributed by atoms with E-state index in [-0.39, 0.29) is 18.8 Å². The lowest BCUT2D eigenvalue weighted by Crippen LogP contribution is -2.43. The van der Waals surface area contributed by atoms with E-state index in [9.17, 15) is 4.79 Å². The Labute approximate surface area is 176 Å². The van der Waals surface area contributed by atoms with Crippen LogP contribution in [0.4, 0.5) is 0 Å². The summed E-state index contributed by atoms with van der Waals surface area (Å²) in [5, 5.41) is 0. The van der Waals surface area contributed by atoms with E-state index in [2.05, 4.69) is 12.1 Å². The molecule has 0 bridgehead atoms. The Morgan fingerprint density at radius 3 is 2.53 bits per heavy atom. The second-order valence-corrected chi connectivity index (χ2v) is 8.77. The van der Waals surface area contributed by atoms with Crippen LogP contribution < -0.4 is 9.47 Å². The van der Waals surface area contributed by atoms with Crippen molar-refractivity contribution in [2.75, 3.05) is 19.9 Å². The Balaban J connectivity index is 1.40. The molecule has 0 N–H and O–H groups in total. The normalized spacial score (nSPS) is 22.7. The molecule has 6 heteroatoms. The van der Waals surface area contributed by atoms with Crippen molar-refractivity contribution < 1.29 is 23.7 Å². The van der Waals surface area contributed by atoms with E-state index in [4.69, 9.17) is 18.9 Å². The number of nitrogens with zero attached hydrogens (tertiary/aromatic N) is 1. The van der Waals surface area contributed by atoms with Crippen molar-refractivity contribution in [2.45, 2.75) is 50.5 Å². The Kier molecular flexibility index (Phi) is 4.71. The minimum atomic E-state index is -0.616. The molecule has 3 aliphatic rings. The summed E-state index contributed by atoms with van der Waals surface area (Å²) >= 11 is 0. The number of hydrogen-bond acceptors (Lipinski definition) is 5. The molecular weight excluding hydrogens is 382 g/mol. The number of amides is 1. The lowest BCUT2D eigenvalue weighted by molar-refractivity contribution is -0.148. The van der Waals surface area contributed by atoms with Gasteiger partial charge in [0, 0.05) is 13.1 Å². The van der Waals surface area contributed by atoms with Crippen molar-refractivity contribution in [2.24, 2.45) is 0 Å². The third-order valence-electron chi connectivity index (χ3n) is 6.07. The maximum atomic E-state index is 13.8. The zero-order chi connectivity index (χ0) is 20.8. The van der Waals surface area contributed by atoms with Gasteiger partial charge in [-0.25, -0.2) is 0 Å². The van der Waals surface area contributed by atoms with Gasteiger partial charge in [-0.3, -0.25) is 4.79 Å². The highest BCUT2D eigenvalue weighted by atomic mass is 16.7. The van der Waals surface area contributed by atoms with Gasteiger partial charge in [-0.15, -0.1) is 0 Å². The van der Waals surface area contributed by atoms with Crippen LogP contribution in [-0.2, 0) is 26.2 Å². The maximum Gasteiger partial charge on any atom is 0.233 e. The summed E-state index contributed by atoms with van der Waals surface area (Å²) in [7, 11) is 0. The maximum absolute atomic E-state index is 13.8. The van der Waals surface area contributed by atoms with E-state index in [0.29, 0.717) is 19.7 Å². The number of ether oxygens (including phenoxy) is 4. The van der Waals surface area contributed by atoms with Gasteiger partial charge in [0.15, 0.2) is 17.3 Å². The summed E-state index contributed by atoms with van der Waals surface area (Å²) in [5.41, 5.74) is 1.68. The Bertz CT molecular complexity index is 938. The zero-order valence-electron chi connectivity index (χ0n) is 17.4. The number of rotatable bonds is 6. The summed E-state index contributed by atoms with van der Waals surface area (Å²) < 4.78 is 22.7. The zero-order valence-corrected chi connectivity index (χ0v) is 17.4. The standard InChI is InChI=1S/C24H27NO5/c1-23(2)29-15-19(30-23)14-25(13-17-8-9-20-21(12-17)28-16-27-20)22(26)24(10-11-24)18-6-4-3-5-7-18/h3-9,12,19H,10-11,13-16H2,1-2H3. The molecule has 2 aliphatic heterocycles. The van der Waals surface area contributed by atoms with Crippen LogP contribution in [0.2, 0.25) is 0 Å². The van der Waals surface area contributed by atoms with E-state index in [1.807, 2.05) is 55.1 Å². The van der Waals surface area contributed by atoms with Crippen LogP contribution in [0.25, 0.3) is 0 Å². The topological polar surface area (TPSA) is 57.2 Å². The summed E-state index contributed by atoms with van der Waals surface area (Å²) in [6.45, 7) is 5.51. The van der Waals surface area contributed by atoms with Crippen molar-refractivity contribution in [3.63, 3.8) is 0 Å². The highest BCUT2D eigenvalue weighted by Gasteiger charge is 2.53. The number of hydrogen-bond donors (Lipinski definition) is 0. The number of fused-ring (bicyclic) bond motifs is 1. The SMILES string of the molecule is CC1(C)OCC(CN(Cc2ccc3c(c2)OCO3)C(=O)C2(c3ccccc3)CC2)O1. The summed E-state index contributed by atoms with van der Waals surface area (Å²) in [5.74, 6) is 1.01. The van der Waals surface area contributed by atoms with Gasteiger partial charge in [-0.05, 0) is 49.9 Å². The van der Waals surface area contributed by atoms with Crippen molar-refractivity contribution in [3.8, 4) is 11.5 Å². The molecule has 0 radical (unpaired) electrons. The molecule has 2 aromatic carbocycles. The largest absolute Gasteiger partial charge is 0.454 e. The van der Waals surface area contributed by atoms with E-state index in [1.54, 1.807) is 0 Å². The lowest BCUT2D eigenvalue weighted by Gasteiger charge is -2.30. The Morgan fingerprint density at radius 1 is 1.07 bits per heavy atom. The van der Waals surface area contributed by atoms with Gasteiger partial charge in [0.05, 0.1) is 12.0 Å². The number of carbonyl (C=O) groups is 1. The fourth-order valence-corrected chi connectivity index (χ4v) is 4.39. The highest BCUT2D eigenvalue weighted by Crippen LogP contribution is 2.50. The van der Waals surface area contributed by atoms with Crippen LogP contribution in [0.1, 0.15) is 37.8 Å². The smallest absolute Gasteiger partial charge is 0.233 e. The average molecular weight is 409 g/mol. The summed E-state index contributed by atoms with van der Waals surface area (Å²) in [4.78, 5) is 15.7. The molecule has 1 atom stereocenters. The number of carbonyl (C=O) groups excluding carboxylic acids is 1. The average Bonchev–Trinajstić information content (AvgIpc) is 3.30. The summed E-state index contributed by atoms with van der Waals surface area (Å²) in [6.07, 6.45) is 1.60. The predicted molar refractivity (Wildman–Crippen MR) is 110 cm³/mol. The fourth-order valence-electron chi connectivity index (χ4n) is 4.39. The molecule has 0 spiro atoms. The van der Waals surface area contributed by atoms with Crippen LogP contribution in [0, 0.1) is 0 Å². The van der Waals surface area contributed by atoms with E-state index < -0.39 is 11.2 Å². The van der Waals surface area contributed by atoms with Crippen LogP contribution >= 0.6 is 0 Å². The monoisotopic (exact) mass is 409 g/mol. The van der Waals surface area contributed by atoms with Gasteiger partial charge in [0.1, 0.15) is 6.10 Å². The van der Waals surface area contributed by atoms with Gasteiger partial charge in [-0.1, -0.05) is 36.4 Å².